The summed E-state index contributed by atoms with van der Waals surface area (Å²) in [6, 6.07) is 7.28. The van der Waals surface area contributed by atoms with Crippen molar-refractivity contribution in [2.45, 2.75) is 4.90 Å². The van der Waals surface area contributed by atoms with Crippen molar-refractivity contribution in [2.75, 3.05) is 14.1 Å². The molecule has 1 aromatic heterocycles. The highest BCUT2D eigenvalue weighted by atomic mass is 32.2. The van der Waals surface area contributed by atoms with E-state index in [-0.39, 0.29) is 10.7 Å². The molecule has 1 heterocycles. The number of hydrogen-bond donors (Lipinski definition) is 1. The van der Waals surface area contributed by atoms with E-state index in [4.69, 9.17) is 0 Å². The summed E-state index contributed by atoms with van der Waals surface area (Å²) in [7, 11) is -0.831. The zero-order valence-corrected chi connectivity index (χ0v) is 12.7. The Morgan fingerprint density at radius 3 is 2.50 bits per heavy atom. The quantitative estimate of drug-likeness (QED) is 0.496. The van der Waals surface area contributed by atoms with Gasteiger partial charge in [-0.3, -0.25) is 0 Å². The summed E-state index contributed by atoms with van der Waals surface area (Å²) < 4.78 is 38.9. The molecule has 0 aliphatic rings. The van der Waals surface area contributed by atoms with Crippen LogP contribution in [0.4, 0.5) is 10.2 Å². The second-order valence-corrected chi connectivity index (χ2v) is 6.39. The van der Waals surface area contributed by atoms with Gasteiger partial charge >= 0.3 is 15.7 Å². The number of H-pyrrole nitrogens is 1. The first-order chi connectivity index (χ1) is 10.3. The topological polar surface area (TPSA) is 86.5 Å². The first-order valence-corrected chi connectivity index (χ1v) is 7.62. The number of aliphatic imine (C=N–C) groups is 1. The van der Waals surface area contributed by atoms with Crippen molar-refractivity contribution in [3.8, 4) is 0 Å². The Balaban J connectivity index is 2.55. The predicted molar refractivity (Wildman–Crippen MR) is 78.1 cm³/mol. The van der Waals surface area contributed by atoms with E-state index in [0.717, 1.165) is 0 Å². The Morgan fingerprint density at radius 2 is 1.91 bits per heavy atom. The Hall–Kier alpha value is -2.55. The lowest BCUT2D eigenvalue weighted by Crippen LogP contribution is -2.56. The molecule has 2 rings (SSSR count). The second kappa shape index (κ2) is 6.06. The summed E-state index contributed by atoms with van der Waals surface area (Å²) in [4.78, 5) is 19.2. The van der Waals surface area contributed by atoms with Gasteiger partial charge in [-0.05, 0) is 12.1 Å². The minimum Gasteiger partial charge on any atom is -0.369 e. The molecule has 0 amide bonds. The van der Waals surface area contributed by atoms with E-state index < -0.39 is 21.5 Å². The number of hydrogen-bond acceptors (Lipinski definition) is 4. The lowest BCUT2D eigenvalue weighted by atomic mass is 10.4. The average Bonchev–Trinajstić information content (AvgIpc) is 2.48. The fraction of sp³-hybridized carbons (Fsp3) is 0.154. The van der Waals surface area contributed by atoms with Crippen LogP contribution in [0.25, 0.3) is 0 Å². The Kier molecular flexibility index (Phi) is 4.36. The molecule has 0 aliphatic carbocycles. The number of halogens is 1. The van der Waals surface area contributed by atoms with Crippen molar-refractivity contribution < 1.29 is 16.8 Å². The van der Waals surface area contributed by atoms with E-state index in [1.807, 2.05) is 0 Å². The van der Waals surface area contributed by atoms with E-state index in [1.54, 1.807) is 25.1 Å². The van der Waals surface area contributed by atoms with Crippen LogP contribution in [0.3, 0.4) is 0 Å². The third kappa shape index (κ3) is 3.19. The molecule has 0 saturated heterocycles. The maximum Gasteiger partial charge on any atom is 0.513 e. The summed E-state index contributed by atoms with van der Waals surface area (Å²) in [5.74, 6) is -1.31. The fourth-order valence-electron chi connectivity index (χ4n) is 1.59. The number of aromatic nitrogens is 2. The van der Waals surface area contributed by atoms with Crippen LogP contribution >= 0.6 is 0 Å². The molecule has 0 saturated carbocycles. The molecule has 7 nitrogen and oxygen atoms in total. The molecule has 0 radical (unpaired) electrons. The lowest BCUT2D eigenvalue weighted by molar-refractivity contribution is -0.534. The van der Waals surface area contributed by atoms with Crippen molar-refractivity contribution in [3.63, 3.8) is 0 Å². The molecule has 1 N–H and O–H groups in total. The number of aromatic amines is 1. The first-order valence-electron chi connectivity index (χ1n) is 6.18. The standard InChI is InChI=1S/C13H13FN4O3S/c1-17(2)9-15-12-11(14)8-18(13(19)16-12)22(20,21)10-6-4-3-5-7-10/h3-9H,1-2H3/p+1/b15-9+. The number of benzene rings is 1. The van der Waals surface area contributed by atoms with E-state index in [1.165, 1.54) is 30.6 Å². The van der Waals surface area contributed by atoms with Crippen LogP contribution in [-0.4, -0.2) is 38.7 Å². The number of nitrogens with zero attached hydrogens (tertiary/aromatic N) is 3. The van der Waals surface area contributed by atoms with Crippen molar-refractivity contribution >= 4 is 22.2 Å². The second-order valence-electron chi connectivity index (χ2n) is 4.58. The maximum atomic E-state index is 13.9. The van der Waals surface area contributed by atoms with Gasteiger partial charge in [0.25, 0.3) is 5.82 Å². The summed E-state index contributed by atoms with van der Waals surface area (Å²) in [5, 5.41) is 0. The van der Waals surface area contributed by atoms with Gasteiger partial charge in [-0.15, -0.1) is 0 Å². The smallest absolute Gasteiger partial charge is 0.369 e. The zero-order chi connectivity index (χ0) is 16.3. The molecule has 0 fully saturated rings. The molecule has 22 heavy (non-hydrogen) atoms. The monoisotopic (exact) mass is 325 g/mol. The first kappa shape index (κ1) is 15.8. The van der Waals surface area contributed by atoms with Crippen LogP contribution in [0.15, 0.2) is 51.2 Å². The van der Waals surface area contributed by atoms with E-state index in [2.05, 4.69) is 9.98 Å². The van der Waals surface area contributed by atoms with E-state index in [0.29, 0.717) is 10.2 Å². The summed E-state index contributed by atoms with van der Waals surface area (Å²) in [5.41, 5.74) is -1.00. The zero-order valence-electron chi connectivity index (χ0n) is 11.9. The largest absolute Gasteiger partial charge is 0.513 e. The lowest BCUT2D eigenvalue weighted by Gasteiger charge is -2.03. The number of rotatable bonds is 4. The third-order valence-corrected chi connectivity index (χ3v) is 4.26. The number of nitrogens with one attached hydrogen (secondary N) is 1. The van der Waals surface area contributed by atoms with Gasteiger partial charge in [0.2, 0.25) is 5.82 Å². The van der Waals surface area contributed by atoms with Crippen LogP contribution in [0.2, 0.25) is 0 Å². The van der Waals surface area contributed by atoms with Gasteiger partial charge in [-0.1, -0.05) is 22.2 Å². The van der Waals surface area contributed by atoms with E-state index >= 15 is 0 Å². The fourth-order valence-corrected chi connectivity index (χ4v) is 2.81. The predicted octanol–water partition coefficient (Wildman–Crippen LogP) is 0.260. The van der Waals surface area contributed by atoms with Crippen LogP contribution in [-0.2, 0) is 10.0 Å². The average molecular weight is 325 g/mol. The normalized spacial score (nSPS) is 11.8. The molecule has 0 unspecified atom stereocenters. The third-order valence-electron chi connectivity index (χ3n) is 2.60. The summed E-state index contributed by atoms with van der Waals surface area (Å²) >= 11 is 0. The van der Waals surface area contributed by atoms with Crippen LogP contribution in [0, 0.1) is 5.82 Å². The van der Waals surface area contributed by atoms with Crippen LogP contribution < -0.4 is 9.66 Å². The van der Waals surface area contributed by atoms with Gasteiger partial charge in [0, 0.05) is 14.1 Å². The molecule has 2 aromatic rings. The Labute approximate surface area is 126 Å². The molecule has 0 bridgehead atoms. The SMILES string of the molecule is CN(C)/C=N/c1[nH]c(=O)[n+](S(=O)(=O)c2ccccc2)cc1F. The van der Waals surface area contributed by atoms with Crippen LogP contribution in [0.1, 0.15) is 0 Å². The summed E-state index contributed by atoms with van der Waals surface area (Å²) in [6.45, 7) is 0. The summed E-state index contributed by atoms with van der Waals surface area (Å²) in [6.07, 6.45) is 1.88. The van der Waals surface area contributed by atoms with Gasteiger partial charge < -0.3 is 4.90 Å². The highest BCUT2D eigenvalue weighted by Crippen LogP contribution is 2.11. The van der Waals surface area contributed by atoms with Gasteiger partial charge in [0.05, 0.1) is 6.34 Å². The minimum atomic E-state index is -4.17. The molecule has 9 heteroatoms. The highest BCUT2D eigenvalue weighted by molar-refractivity contribution is 7.85. The van der Waals surface area contributed by atoms with Crippen LogP contribution in [0.5, 0.6) is 0 Å². The van der Waals surface area contributed by atoms with Crippen molar-refractivity contribution in [3.05, 3.63) is 52.8 Å². The molecule has 116 valence electrons. The van der Waals surface area contributed by atoms with Gasteiger partial charge in [0.15, 0.2) is 6.20 Å². The van der Waals surface area contributed by atoms with Gasteiger partial charge in [0.1, 0.15) is 4.90 Å². The van der Waals surface area contributed by atoms with Crippen molar-refractivity contribution in [2.24, 2.45) is 4.99 Å². The van der Waals surface area contributed by atoms with Crippen molar-refractivity contribution in [1.29, 1.82) is 0 Å². The molecule has 0 aliphatic heterocycles. The Bertz CT molecular complexity index is 861. The molecule has 0 spiro atoms. The molecular formula is C13H14FN4O3S+. The van der Waals surface area contributed by atoms with E-state index in [9.17, 15) is 17.6 Å². The highest BCUT2D eigenvalue weighted by Gasteiger charge is 2.27. The minimum absolute atomic E-state index is 0.116. The Morgan fingerprint density at radius 1 is 1.27 bits per heavy atom. The molecular weight excluding hydrogens is 311 g/mol. The van der Waals surface area contributed by atoms with Gasteiger partial charge in [-0.2, -0.15) is 27.6 Å². The maximum absolute atomic E-state index is 13.9. The molecule has 0 atom stereocenters. The van der Waals surface area contributed by atoms with Crippen molar-refractivity contribution in [1.82, 2.24) is 9.88 Å². The molecule has 1 aromatic carbocycles. The van der Waals surface area contributed by atoms with Gasteiger partial charge in [-0.25, -0.2) is 0 Å².